The van der Waals surface area contributed by atoms with Gasteiger partial charge in [0.1, 0.15) is 11.5 Å². The van der Waals surface area contributed by atoms with E-state index in [1.807, 2.05) is 30.3 Å². The summed E-state index contributed by atoms with van der Waals surface area (Å²) in [5.41, 5.74) is 2.12. The summed E-state index contributed by atoms with van der Waals surface area (Å²) in [4.78, 5) is 19.3. The maximum absolute atomic E-state index is 12.8. The second kappa shape index (κ2) is 7.02. The van der Waals surface area contributed by atoms with Crippen LogP contribution in [0.1, 0.15) is 5.69 Å². The highest BCUT2D eigenvalue weighted by Gasteiger charge is 2.33. The number of aromatic nitrogens is 1. The van der Waals surface area contributed by atoms with Crippen molar-refractivity contribution in [3.05, 3.63) is 65.2 Å². The molecule has 3 aromatic rings. The van der Waals surface area contributed by atoms with Crippen LogP contribution in [0.25, 0.3) is 17.0 Å². The predicted octanol–water partition coefficient (Wildman–Crippen LogP) is 4.35. The van der Waals surface area contributed by atoms with Crippen LogP contribution < -0.4 is 9.64 Å². The molecule has 1 aliphatic heterocycles. The van der Waals surface area contributed by atoms with E-state index in [4.69, 9.17) is 17.0 Å². The van der Waals surface area contributed by atoms with Crippen LogP contribution in [-0.4, -0.2) is 27.4 Å². The number of rotatable bonds is 3. The number of thioether (sulfide) groups is 1. The van der Waals surface area contributed by atoms with Gasteiger partial charge in [-0.25, -0.2) is 4.98 Å². The third-order valence-corrected chi connectivity index (χ3v) is 5.40. The highest BCUT2D eigenvalue weighted by atomic mass is 32.2. The van der Waals surface area contributed by atoms with Gasteiger partial charge in [0.2, 0.25) is 0 Å². The summed E-state index contributed by atoms with van der Waals surface area (Å²) in [6.45, 7) is 0. The molecule has 1 aliphatic rings. The predicted molar refractivity (Wildman–Crippen MR) is 112 cm³/mol. The van der Waals surface area contributed by atoms with Gasteiger partial charge in [-0.1, -0.05) is 30.0 Å². The number of methoxy groups -OCH3 is 1. The van der Waals surface area contributed by atoms with Crippen molar-refractivity contribution >= 4 is 56.9 Å². The number of pyridine rings is 1. The fourth-order valence-corrected chi connectivity index (χ4v) is 4.04. The van der Waals surface area contributed by atoms with Gasteiger partial charge in [0, 0.05) is 5.39 Å². The van der Waals surface area contributed by atoms with E-state index in [9.17, 15) is 9.90 Å². The third kappa shape index (κ3) is 3.39. The van der Waals surface area contributed by atoms with Crippen molar-refractivity contribution in [2.45, 2.75) is 0 Å². The lowest BCUT2D eigenvalue weighted by Crippen LogP contribution is -2.27. The van der Waals surface area contributed by atoms with Crippen LogP contribution in [0.4, 0.5) is 5.69 Å². The number of phenolic OH excluding ortho intramolecular Hbond substituents is 1. The number of anilines is 1. The van der Waals surface area contributed by atoms with Crippen molar-refractivity contribution in [1.82, 2.24) is 4.98 Å². The zero-order valence-corrected chi connectivity index (χ0v) is 15.9. The van der Waals surface area contributed by atoms with Gasteiger partial charge in [0.05, 0.1) is 28.9 Å². The largest absolute Gasteiger partial charge is 0.508 e. The van der Waals surface area contributed by atoms with Crippen molar-refractivity contribution in [2.75, 3.05) is 12.0 Å². The van der Waals surface area contributed by atoms with E-state index in [0.29, 0.717) is 20.6 Å². The summed E-state index contributed by atoms with van der Waals surface area (Å²) in [5.74, 6) is 0.705. The Morgan fingerprint density at radius 2 is 1.93 bits per heavy atom. The number of hydrogen-bond acceptors (Lipinski definition) is 6. The molecule has 5 nitrogen and oxygen atoms in total. The van der Waals surface area contributed by atoms with Gasteiger partial charge in [0.15, 0.2) is 4.32 Å². The molecule has 0 unspecified atom stereocenters. The molecule has 1 aromatic heterocycles. The summed E-state index contributed by atoms with van der Waals surface area (Å²) >= 11 is 6.59. The van der Waals surface area contributed by atoms with E-state index < -0.39 is 0 Å². The molecule has 2 heterocycles. The Hall–Kier alpha value is -2.90. The number of phenols is 1. The number of fused-ring (bicyclic) bond motifs is 1. The zero-order valence-electron chi connectivity index (χ0n) is 14.2. The third-order valence-electron chi connectivity index (χ3n) is 4.10. The van der Waals surface area contributed by atoms with Crippen LogP contribution in [0.3, 0.4) is 0 Å². The lowest BCUT2D eigenvalue weighted by molar-refractivity contribution is -0.113. The number of aromatic hydroxyl groups is 1. The van der Waals surface area contributed by atoms with Crippen LogP contribution >= 0.6 is 24.0 Å². The normalized spacial score (nSPS) is 15.7. The van der Waals surface area contributed by atoms with E-state index in [-0.39, 0.29) is 11.7 Å². The number of thiocarbonyl (C=S) groups is 1. The molecule has 134 valence electrons. The number of hydrogen-bond donors (Lipinski definition) is 1. The van der Waals surface area contributed by atoms with Crippen LogP contribution in [0.5, 0.6) is 11.5 Å². The molecule has 1 fully saturated rings. The first kappa shape index (κ1) is 17.5. The number of ether oxygens (including phenoxy) is 1. The molecular weight excluding hydrogens is 380 g/mol. The van der Waals surface area contributed by atoms with Gasteiger partial charge in [-0.05, 0) is 54.6 Å². The van der Waals surface area contributed by atoms with E-state index in [1.165, 1.54) is 28.8 Å². The number of nitrogens with zero attached hydrogens (tertiary/aromatic N) is 2. The van der Waals surface area contributed by atoms with Gasteiger partial charge in [-0.2, -0.15) is 0 Å². The zero-order chi connectivity index (χ0) is 19.0. The van der Waals surface area contributed by atoms with Gasteiger partial charge in [-0.3, -0.25) is 9.69 Å². The molecule has 27 heavy (non-hydrogen) atoms. The van der Waals surface area contributed by atoms with Gasteiger partial charge < -0.3 is 9.84 Å². The van der Waals surface area contributed by atoms with Crippen LogP contribution in [-0.2, 0) is 4.79 Å². The first-order valence-corrected chi connectivity index (χ1v) is 9.29. The summed E-state index contributed by atoms with van der Waals surface area (Å²) < 4.78 is 5.67. The van der Waals surface area contributed by atoms with Crippen LogP contribution in [0, 0.1) is 0 Å². The number of benzene rings is 2. The molecule has 2 aromatic carbocycles. The summed E-state index contributed by atoms with van der Waals surface area (Å²) in [7, 11) is 1.62. The molecule has 4 rings (SSSR count). The average molecular weight is 394 g/mol. The maximum Gasteiger partial charge on any atom is 0.270 e. The maximum atomic E-state index is 12.8. The lowest BCUT2D eigenvalue weighted by Gasteiger charge is -2.14. The monoisotopic (exact) mass is 394 g/mol. The highest BCUT2D eigenvalue weighted by Crippen LogP contribution is 2.36. The number of carbonyl (C=O) groups excluding carboxylic acids is 1. The quantitative estimate of drug-likeness (QED) is 0.526. The Morgan fingerprint density at radius 1 is 1.15 bits per heavy atom. The second-order valence-electron chi connectivity index (χ2n) is 5.83. The molecule has 1 saturated heterocycles. The minimum atomic E-state index is -0.202. The standard InChI is InChI=1S/C20H14N2O3S2/c1-25-16-8-9-17-12(10-16)2-3-13(21-17)11-18-19(24)22(20(26)27-18)14-4-6-15(23)7-5-14/h2-11,23H,1H3/b18-11-. The second-order valence-corrected chi connectivity index (χ2v) is 7.50. The van der Waals surface area contributed by atoms with Gasteiger partial charge >= 0.3 is 0 Å². The molecule has 0 spiro atoms. The minimum Gasteiger partial charge on any atom is -0.508 e. The Labute approximate surface area is 165 Å². The van der Waals surface area contributed by atoms with Crippen LogP contribution in [0.2, 0.25) is 0 Å². The number of carbonyl (C=O) groups is 1. The Kier molecular flexibility index (Phi) is 4.55. The van der Waals surface area contributed by atoms with Crippen molar-refractivity contribution in [3.8, 4) is 11.5 Å². The molecule has 0 saturated carbocycles. The van der Waals surface area contributed by atoms with E-state index >= 15 is 0 Å². The molecule has 0 aliphatic carbocycles. The van der Waals surface area contributed by atoms with E-state index in [1.54, 1.807) is 25.3 Å². The minimum absolute atomic E-state index is 0.136. The van der Waals surface area contributed by atoms with Gasteiger partial charge in [-0.15, -0.1) is 0 Å². The van der Waals surface area contributed by atoms with E-state index in [0.717, 1.165) is 16.7 Å². The molecule has 7 heteroatoms. The fraction of sp³-hybridized carbons (Fsp3) is 0.0500. The lowest BCUT2D eigenvalue weighted by atomic mass is 10.2. The van der Waals surface area contributed by atoms with Crippen molar-refractivity contribution in [1.29, 1.82) is 0 Å². The molecule has 0 atom stereocenters. The molecular formula is C20H14N2O3S2. The Morgan fingerprint density at radius 3 is 2.67 bits per heavy atom. The summed E-state index contributed by atoms with van der Waals surface area (Å²) in [6.07, 6.45) is 1.74. The molecule has 1 N–H and O–H groups in total. The number of amides is 1. The molecule has 1 amide bonds. The summed E-state index contributed by atoms with van der Waals surface area (Å²) in [5, 5.41) is 10.4. The highest BCUT2D eigenvalue weighted by molar-refractivity contribution is 8.27. The Balaban J connectivity index is 1.66. The topological polar surface area (TPSA) is 62.7 Å². The van der Waals surface area contributed by atoms with Gasteiger partial charge in [0.25, 0.3) is 5.91 Å². The Bertz CT molecular complexity index is 1090. The SMILES string of the molecule is COc1ccc2nc(/C=C3\SC(=S)N(c4ccc(O)cc4)C3=O)ccc2c1. The van der Waals surface area contributed by atoms with Crippen molar-refractivity contribution < 1.29 is 14.6 Å². The van der Waals surface area contributed by atoms with Crippen molar-refractivity contribution in [3.63, 3.8) is 0 Å². The van der Waals surface area contributed by atoms with Crippen molar-refractivity contribution in [2.24, 2.45) is 0 Å². The first-order chi connectivity index (χ1) is 13.0. The fourth-order valence-electron chi connectivity index (χ4n) is 2.75. The van der Waals surface area contributed by atoms with E-state index in [2.05, 4.69) is 4.98 Å². The average Bonchev–Trinajstić information content (AvgIpc) is 2.95. The summed E-state index contributed by atoms with van der Waals surface area (Å²) in [6, 6.07) is 15.8. The molecule has 0 bridgehead atoms. The smallest absolute Gasteiger partial charge is 0.270 e. The van der Waals surface area contributed by atoms with Crippen LogP contribution in [0.15, 0.2) is 59.5 Å². The first-order valence-electron chi connectivity index (χ1n) is 8.07. The molecule has 0 radical (unpaired) electrons.